The number of carbonyl (C=O) groups is 1. The molecule has 1 amide bonds. The lowest BCUT2D eigenvalue weighted by molar-refractivity contribution is 0.0731. The molecule has 5 N–H and O–H groups in total. The second kappa shape index (κ2) is 8.42. The fraction of sp³-hybridized carbons (Fsp3) is 0.565. The Morgan fingerprint density at radius 3 is 2.70 bits per heavy atom. The summed E-state index contributed by atoms with van der Waals surface area (Å²) in [4.78, 5) is 17.8. The van der Waals surface area contributed by atoms with Gasteiger partial charge in [-0.05, 0) is 64.4 Å². The summed E-state index contributed by atoms with van der Waals surface area (Å²) < 4.78 is 3.45. The van der Waals surface area contributed by atoms with Crippen LogP contribution in [0.4, 0.5) is 11.5 Å². The zero-order valence-corrected chi connectivity index (χ0v) is 19.2. The molecule has 0 saturated heterocycles. The lowest BCUT2D eigenvalue weighted by Crippen LogP contribution is -2.28. The van der Waals surface area contributed by atoms with Crippen LogP contribution in [0.1, 0.15) is 74.5 Å². The molecule has 2 fully saturated rings. The van der Waals surface area contributed by atoms with E-state index < -0.39 is 5.60 Å². The van der Waals surface area contributed by atoms with E-state index in [4.69, 9.17) is 5.73 Å². The minimum absolute atomic E-state index is 0.204. The van der Waals surface area contributed by atoms with Crippen LogP contribution in [0.15, 0.2) is 24.7 Å². The molecule has 176 valence electrons. The molecule has 2 aliphatic carbocycles. The second-order valence-electron chi connectivity index (χ2n) is 9.92. The van der Waals surface area contributed by atoms with Crippen LogP contribution in [0.5, 0.6) is 0 Å². The molecule has 3 heterocycles. The van der Waals surface area contributed by atoms with Crippen molar-refractivity contribution < 1.29 is 9.90 Å². The van der Waals surface area contributed by atoms with Crippen molar-refractivity contribution in [1.82, 2.24) is 24.4 Å². The first kappa shape index (κ1) is 21.8. The minimum Gasteiger partial charge on any atom is -0.384 e. The fourth-order valence-corrected chi connectivity index (χ4v) is 4.38. The molecule has 0 radical (unpaired) electrons. The molecule has 0 atom stereocenters. The number of nitrogens with one attached hydrogen (secondary N) is 2. The summed E-state index contributed by atoms with van der Waals surface area (Å²) in [5.74, 6) is 1.10. The van der Waals surface area contributed by atoms with Crippen LogP contribution in [0.2, 0.25) is 0 Å². The molecule has 5 rings (SSSR count). The van der Waals surface area contributed by atoms with Crippen LogP contribution >= 0.6 is 0 Å². The van der Waals surface area contributed by atoms with Crippen LogP contribution in [0.25, 0.3) is 5.65 Å². The molecule has 2 saturated carbocycles. The van der Waals surface area contributed by atoms with Crippen LogP contribution < -0.4 is 16.4 Å². The molecule has 0 unspecified atom stereocenters. The third-order valence-electron chi connectivity index (χ3n) is 6.56. The number of carbonyl (C=O) groups excluding carboxylic acids is 1. The monoisotopic (exact) mass is 452 g/mol. The number of nitrogens with zero attached hydrogens (tertiary/aromatic N) is 5. The van der Waals surface area contributed by atoms with E-state index in [1.807, 2.05) is 16.9 Å². The van der Waals surface area contributed by atoms with Crippen molar-refractivity contribution in [2.24, 2.45) is 11.7 Å². The first-order valence-electron chi connectivity index (χ1n) is 11.7. The number of hydrogen-bond acceptors (Lipinski definition) is 7. The molecule has 33 heavy (non-hydrogen) atoms. The zero-order chi connectivity index (χ0) is 23.2. The third-order valence-corrected chi connectivity index (χ3v) is 6.56. The molecule has 0 spiro atoms. The van der Waals surface area contributed by atoms with Gasteiger partial charge in [0.05, 0.1) is 17.9 Å². The number of aromatic nitrogens is 5. The largest absolute Gasteiger partial charge is 0.384 e. The lowest BCUT2D eigenvalue weighted by atomic mass is 9.92. The summed E-state index contributed by atoms with van der Waals surface area (Å²) in [5, 5.41) is 25.9. The summed E-state index contributed by atoms with van der Waals surface area (Å²) in [7, 11) is 0. The number of rotatable bonds is 7. The first-order chi connectivity index (χ1) is 15.8. The van der Waals surface area contributed by atoms with Crippen molar-refractivity contribution in [3.8, 4) is 0 Å². The number of hydrogen-bond donors (Lipinski definition) is 4. The Morgan fingerprint density at radius 1 is 1.24 bits per heavy atom. The Labute approximate surface area is 192 Å². The average Bonchev–Trinajstić information content (AvgIpc) is 3.35. The zero-order valence-electron chi connectivity index (χ0n) is 19.2. The van der Waals surface area contributed by atoms with Crippen LogP contribution in [0.3, 0.4) is 0 Å². The highest BCUT2D eigenvalue weighted by Crippen LogP contribution is 2.33. The molecule has 0 bridgehead atoms. The number of fused-ring (bicyclic) bond motifs is 1. The van der Waals surface area contributed by atoms with Gasteiger partial charge in [-0.3, -0.25) is 9.48 Å². The van der Waals surface area contributed by atoms with Gasteiger partial charge in [-0.15, -0.1) is 0 Å². The predicted molar refractivity (Wildman–Crippen MR) is 125 cm³/mol. The van der Waals surface area contributed by atoms with E-state index in [-0.39, 0.29) is 18.0 Å². The van der Waals surface area contributed by atoms with Gasteiger partial charge in [0.15, 0.2) is 5.65 Å². The summed E-state index contributed by atoms with van der Waals surface area (Å²) in [6.07, 6.45) is 11.4. The molecule has 3 aromatic heterocycles. The standard InChI is InChI=1S/C23H32N8O2/c1-23(2,33)20-18(13-31(29-20)16-7-5-15(24)6-8-16)27-22(32)17-12-26-30-10-9-19(28-21(17)30)25-11-14-3-4-14/h9-10,12-16,33H,3-8,11,24H2,1-2H3,(H,25,28)(H,27,32). The van der Waals surface area contributed by atoms with Crippen LogP contribution in [0, 0.1) is 5.92 Å². The van der Waals surface area contributed by atoms with Crippen molar-refractivity contribution >= 4 is 23.1 Å². The molecular weight excluding hydrogens is 420 g/mol. The van der Waals surface area contributed by atoms with Crippen molar-refractivity contribution in [1.29, 1.82) is 0 Å². The fourth-order valence-electron chi connectivity index (χ4n) is 4.38. The van der Waals surface area contributed by atoms with Crippen molar-refractivity contribution in [3.05, 3.63) is 35.9 Å². The van der Waals surface area contributed by atoms with E-state index in [1.54, 1.807) is 24.6 Å². The summed E-state index contributed by atoms with van der Waals surface area (Å²) in [6.45, 7) is 4.22. The Bertz CT molecular complexity index is 1150. The van der Waals surface area contributed by atoms with Gasteiger partial charge in [-0.1, -0.05) is 0 Å². The van der Waals surface area contributed by atoms with Crippen LogP contribution in [-0.4, -0.2) is 48.0 Å². The minimum atomic E-state index is -1.21. The highest BCUT2D eigenvalue weighted by molar-refractivity contribution is 6.08. The van der Waals surface area contributed by atoms with Gasteiger partial charge in [0.25, 0.3) is 5.91 Å². The van der Waals surface area contributed by atoms with Gasteiger partial charge in [0, 0.05) is 25.0 Å². The summed E-state index contributed by atoms with van der Waals surface area (Å²) in [6, 6.07) is 2.29. The molecule has 10 heteroatoms. The van der Waals surface area contributed by atoms with E-state index in [2.05, 4.69) is 25.8 Å². The summed E-state index contributed by atoms with van der Waals surface area (Å²) in [5.41, 5.74) is 6.60. The molecule has 3 aromatic rings. The van der Waals surface area contributed by atoms with E-state index in [9.17, 15) is 9.90 Å². The molecule has 0 aromatic carbocycles. The van der Waals surface area contributed by atoms with Gasteiger partial charge in [-0.25, -0.2) is 9.50 Å². The average molecular weight is 453 g/mol. The normalized spacial score (nSPS) is 21.3. The summed E-state index contributed by atoms with van der Waals surface area (Å²) >= 11 is 0. The maximum atomic E-state index is 13.2. The number of anilines is 2. The molecular formula is C23H32N8O2. The lowest BCUT2D eigenvalue weighted by Gasteiger charge is -2.26. The van der Waals surface area contributed by atoms with E-state index in [0.717, 1.165) is 38.0 Å². The molecule has 2 aliphatic rings. The van der Waals surface area contributed by atoms with E-state index in [0.29, 0.717) is 28.5 Å². The van der Waals surface area contributed by atoms with E-state index >= 15 is 0 Å². The van der Waals surface area contributed by atoms with Gasteiger partial charge in [0.2, 0.25) is 0 Å². The van der Waals surface area contributed by atoms with E-state index in [1.165, 1.54) is 19.0 Å². The van der Waals surface area contributed by atoms with Gasteiger partial charge in [0.1, 0.15) is 22.7 Å². The van der Waals surface area contributed by atoms with Crippen LogP contribution in [-0.2, 0) is 5.60 Å². The molecule has 10 nitrogen and oxygen atoms in total. The Morgan fingerprint density at radius 2 is 2.00 bits per heavy atom. The smallest absolute Gasteiger partial charge is 0.261 e. The quantitative estimate of drug-likeness (QED) is 0.433. The second-order valence-corrected chi connectivity index (χ2v) is 9.92. The topological polar surface area (TPSA) is 135 Å². The maximum Gasteiger partial charge on any atom is 0.261 e. The predicted octanol–water partition coefficient (Wildman–Crippen LogP) is 2.67. The first-order valence-corrected chi connectivity index (χ1v) is 11.7. The highest BCUT2D eigenvalue weighted by Gasteiger charge is 2.29. The van der Waals surface area contributed by atoms with Gasteiger partial charge in [-0.2, -0.15) is 10.2 Å². The number of nitrogens with two attached hydrogens (primary N) is 1. The van der Waals surface area contributed by atoms with Gasteiger partial charge < -0.3 is 21.5 Å². The Hall–Kier alpha value is -2.98. The SMILES string of the molecule is CC(C)(O)c1nn(C2CCC(N)CC2)cc1NC(=O)c1cnn2ccc(NCC3CC3)nc12. The van der Waals surface area contributed by atoms with Crippen molar-refractivity contribution in [2.75, 3.05) is 17.2 Å². The number of amides is 1. The maximum absolute atomic E-state index is 13.2. The van der Waals surface area contributed by atoms with Gasteiger partial charge >= 0.3 is 0 Å². The Kier molecular flexibility index (Phi) is 5.57. The van der Waals surface area contributed by atoms with Crippen molar-refractivity contribution in [2.45, 2.75) is 70.1 Å². The Balaban J connectivity index is 1.39. The number of aliphatic hydroxyl groups is 1. The highest BCUT2D eigenvalue weighted by atomic mass is 16.3. The third kappa shape index (κ3) is 4.72. The van der Waals surface area contributed by atoms with Crippen molar-refractivity contribution in [3.63, 3.8) is 0 Å². The molecule has 0 aliphatic heterocycles.